The number of nitrogens with zero attached hydrogens (tertiary/aromatic N) is 2. The van der Waals surface area contributed by atoms with Crippen LogP contribution in [0.15, 0.2) is 30.3 Å². The van der Waals surface area contributed by atoms with Crippen molar-refractivity contribution in [1.82, 2.24) is 9.80 Å². The van der Waals surface area contributed by atoms with Crippen molar-refractivity contribution >= 4 is 11.8 Å². The molecule has 4 heteroatoms. The topological polar surface area (TPSA) is 40.6 Å². The molecular formula is C21H28N2O2. The van der Waals surface area contributed by atoms with Crippen LogP contribution in [0.5, 0.6) is 0 Å². The van der Waals surface area contributed by atoms with E-state index in [2.05, 4.69) is 12.1 Å². The Bertz CT molecular complexity index is 616. The van der Waals surface area contributed by atoms with Crippen LogP contribution in [0, 0.1) is 11.8 Å². The maximum Gasteiger partial charge on any atom is 0.226 e. The summed E-state index contributed by atoms with van der Waals surface area (Å²) in [5.41, 5.74) is 1.28. The second-order valence-electron chi connectivity index (χ2n) is 7.84. The quantitative estimate of drug-likeness (QED) is 0.848. The summed E-state index contributed by atoms with van der Waals surface area (Å²) in [5, 5.41) is 0. The van der Waals surface area contributed by atoms with Gasteiger partial charge >= 0.3 is 0 Å². The Hall–Kier alpha value is -1.84. The average Bonchev–Trinajstić information content (AvgIpc) is 3.49. The molecule has 1 heterocycles. The van der Waals surface area contributed by atoms with Gasteiger partial charge < -0.3 is 9.80 Å². The number of carbonyl (C=O) groups is 2. The maximum atomic E-state index is 12.7. The van der Waals surface area contributed by atoms with E-state index in [1.54, 1.807) is 0 Å². The third-order valence-corrected chi connectivity index (χ3v) is 6.19. The predicted molar refractivity (Wildman–Crippen MR) is 97.0 cm³/mol. The SMILES string of the molecule is O=C(C1CCCCC1)N1CCN(C(=O)C2CC2c2ccccc2)CC1. The van der Waals surface area contributed by atoms with E-state index >= 15 is 0 Å². The van der Waals surface area contributed by atoms with E-state index in [0.717, 1.165) is 19.3 Å². The first kappa shape index (κ1) is 16.6. The minimum atomic E-state index is 0.156. The highest BCUT2D eigenvalue weighted by Crippen LogP contribution is 2.48. The summed E-state index contributed by atoms with van der Waals surface area (Å²) in [4.78, 5) is 29.4. The zero-order chi connectivity index (χ0) is 17.2. The van der Waals surface area contributed by atoms with E-state index in [1.807, 2.05) is 28.0 Å². The summed E-state index contributed by atoms with van der Waals surface area (Å²) in [6.07, 6.45) is 6.74. The highest BCUT2D eigenvalue weighted by atomic mass is 16.2. The average molecular weight is 340 g/mol. The lowest BCUT2D eigenvalue weighted by Gasteiger charge is -2.37. The largest absolute Gasteiger partial charge is 0.339 e. The Balaban J connectivity index is 1.27. The summed E-state index contributed by atoms with van der Waals surface area (Å²) >= 11 is 0. The van der Waals surface area contributed by atoms with Gasteiger partial charge in [-0.05, 0) is 30.7 Å². The van der Waals surface area contributed by atoms with Crippen LogP contribution in [0.25, 0.3) is 0 Å². The second kappa shape index (κ2) is 7.19. The Labute approximate surface area is 150 Å². The fraction of sp³-hybridized carbons (Fsp3) is 0.619. The van der Waals surface area contributed by atoms with Gasteiger partial charge in [0.25, 0.3) is 0 Å². The van der Waals surface area contributed by atoms with Crippen molar-refractivity contribution in [3.8, 4) is 0 Å². The molecule has 4 rings (SSSR count). The molecule has 0 aromatic heterocycles. The molecule has 2 atom stereocenters. The van der Waals surface area contributed by atoms with E-state index in [9.17, 15) is 9.59 Å². The second-order valence-corrected chi connectivity index (χ2v) is 7.84. The molecule has 1 aromatic carbocycles. The van der Waals surface area contributed by atoms with Crippen LogP contribution in [0.3, 0.4) is 0 Å². The van der Waals surface area contributed by atoms with Gasteiger partial charge in [-0.25, -0.2) is 0 Å². The van der Waals surface area contributed by atoms with E-state index in [-0.39, 0.29) is 11.8 Å². The first-order valence-electron chi connectivity index (χ1n) is 9.86. The summed E-state index contributed by atoms with van der Waals surface area (Å²) in [5.74, 6) is 1.42. The van der Waals surface area contributed by atoms with Gasteiger partial charge in [0.05, 0.1) is 0 Å². The molecule has 2 unspecified atom stereocenters. The Morgan fingerprint density at radius 1 is 0.800 bits per heavy atom. The maximum absolute atomic E-state index is 12.7. The number of hydrogen-bond donors (Lipinski definition) is 0. The van der Waals surface area contributed by atoms with Crippen molar-refractivity contribution in [1.29, 1.82) is 0 Å². The Kier molecular flexibility index (Phi) is 4.78. The monoisotopic (exact) mass is 340 g/mol. The smallest absolute Gasteiger partial charge is 0.226 e. The summed E-state index contributed by atoms with van der Waals surface area (Å²) in [7, 11) is 0. The van der Waals surface area contributed by atoms with E-state index in [0.29, 0.717) is 43.9 Å². The normalized spacial score (nSPS) is 27.2. The molecule has 0 bridgehead atoms. The van der Waals surface area contributed by atoms with Gasteiger partial charge in [0.1, 0.15) is 0 Å². The predicted octanol–water partition coefficient (Wildman–Crippen LogP) is 3.04. The van der Waals surface area contributed by atoms with Gasteiger partial charge in [-0.15, -0.1) is 0 Å². The van der Waals surface area contributed by atoms with E-state index in [1.165, 1.54) is 24.8 Å². The fourth-order valence-electron chi connectivity index (χ4n) is 4.53. The number of piperazine rings is 1. The number of carbonyl (C=O) groups excluding carboxylic acids is 2. The van der Waals surface area contributed by atoms with Gasteiger partial charge in [0.15, 0.2) is 0 Å². The highest BCUT2D eigenvalue weighted by Gasteiger charge is 2.46. The minimum absolute atomic E-state index is 0.156. The van der Waals surface area contributed by atoms with Gasteiger partial charge in [-0.3, -0.25) is 9.59 Å². The standard InChI is InChI=1S/C21H28N2O2/c24-20(17-9-5-2-6-10-17)22-11-13-23(14-12-22)21(25)19-15-18(19)16-7-3-1-4-8-16/h1,3-4,7-8,17-19H,2,5-6,9-15H2. The molecule has 3 aliphatic rings. The summed E-state index contributed by atoms with van der Waals surface area (Å²) < 4.78 is 0. The van der Waals surface area contributed by atoms with Gasteiger partial charge in [0.2, 0.25) is 11.8 Å². The molecule has 4 nitrogen and oxygen atoms in total. The van der Waals surface area contributed by atoms with Crippen molar-refractivity contribution in [2.45, 2.75) is 44.4 Å². The zero-order valence-corrected chi connectivity index (χ0v) is 14.9. The number of hydrogen-bond acceptors (Lipinski definition) is 2. The third-order valence-electron chi connectivity index (χ3n) is 6.19. The van der Waals surface area contributed by atoms with Gasteiger partial charge in [-0.2, -0.15) is 0 Å². The molecule has 2 saturated carbocycles. The third kappa shape index (κ3) is 3.58. The van der Waals surface area contributed by atoms with Crippen LogP contribution in [0.2, 0.25) is 0 Å². The van der Waals surface area contributed by atoms with Crippen LogP contribution < -0.4 is 0 Å². The molecule has 1 aliphatic heterocycles. The molecule has 0 spiro atoms. The van der Waals surface area contributed by atoms with Crippen LogP contribution in [0.4, 0.5) is 0 Å². The lowest BCUT2D eigenvalue weighted by atomic mass is 9.88. The number of benzene rings is 1. The molecule has 0 N–H and O–H groups in total. The highest BCUT2D eigenvalue weighted by molar-refractivity contribution is 5.84. The van der Waals surface area contributed by atoms with Crippen LogP contribution in [0.1, 0.15) is 50.0 Å². The Morgan fingerprint density at radius 3 is 2.04 bits per heavy atom. The van der Waals surface area contributed by atoms with Crippen molar-refractivity contribution in [3.05, 3.63) is 35.9 Å². The first-order valence-corrected chi connectivity index (χ1v) is 9.86. The van der Waals surface area contributed by atoms with E-state index in [4.69, 9.17) is 0 Å². The van der Waals surface area contributed by atoms with Crippen molar-refractivity contribution in [2.75, 3.05) is 26.2 Å². The zero-order valence-electron chi connectivity index (χ0n) is 14.9. The molecule has 0 radical (unpaired) electrons. The summed E-state index contributed by atoms with van der Waals surface area (Å²) in [6.45, 7) is 2.83. The summed E-state index contributed by atoms with van der Waals surface area (Å²) in [6, 6.07) is 10.4. The van der Waals surface area contributed by atoms with Crippen LogP contribution in [-0.2, 0) is 9.59 Å². The molecule has 1 aromatic rings. The van der Waals surface area contributed by atoms with Crippen LogP contribution in [-0.4, -0.2) is 47.8 Å². The molecule has 1 saturated heterocycles. The van der Waals surface area contributed by atoms with E-state index < -0.39 is 0 Å². The molecule has 2 aliphatic carbocycles. The van der Waals surface area contributed by atoms with Crippen LogP contribution >= 0.6 is 0 Å². The molecule has 2 amide bonds. The molecule has 134 valence electrons. The fourth-order valence-corrected chi connectivity index (χ4v) is 4.53. The minimum Gasteiger partial charge on any atom is -0.339 e. The number of amides is 2. The molecule has 25 heavy (non-hydrogen) atoms. The van der Waals surface area contributed by atoms with Gasteiger partial charge in [-0.1, -0.05) is 49.6 Å². The Morgan fingerprint density at radius 2 is 1.40 bits per heavy atom. The molecular weight excluding hydrogens is 312 g/mol. The van der Waals surface area contributed by atoms with Crippen molar-refractivity contribution in [2.24, 2.45) is 11.8 Å². The lowest BCUT2D eigenvalue weighted by Crippen LogP contribution is -2.52. The number of rotatable bonds is 3. The van der Waals surface area contributed by atoms with Crippen molar-refractivity contribution in [3.63, 3.8) is 0 Å². The van der Waals surface area contributed by atoms with Crippen molar-refractivity contribution < 1.29 is 9.59 Å². The van der Waals surface area contributed by atoms with Gasteiger partial charge in [0, 0.05) is 38.0 Å². The lowest BCUT2D eigenvalue weighted by molar-refractivity contribution is -0.143. The first-order chi connectivity index (χ1) is 12.2. The molecule has 3 fully saturated rings.